The third kappa shape index (κ3) is 5.67. The number of halogens is 5. The lowest BCUT2D eigenvalue weighted by Gasteiger charge is -2.12. The average molecular weight is 419 g/mol. The number of amides is 1. The van der Waals surface area contributed by atoms with Gasteiger partial charge in [0, 0.05) is 17.4 Å². The fourth-order valence-electron chi connectivity index (χ4n) is 3.08. The van der Waals surface area contributed by atoms with Crippen molar-refractivity contribution in [2.75, 3.05) is 6.61 Å². The summed E-state index contributed by atoms with van der Waals surface area (Å²) in [5.74, 6) is -1.53. The number of carbonyl (C=O) groups excluding carboxylic acids is 1. The van der Waals surface area contributed by atoms with Gasteiger partial charge in [0.1, 0.15) is 11.6 Å². The number of nitrogens with one attached hydrogen (secondary N) is 1. The van der Waals surface area contributed by atoms with Crippen LogP contribution >= 0.6 is 11.3 Å². The van der Waals surface area contributed by atoms with Crippen LogP contribution in [-0.2, 0) is 4.79 Å². The monoisotopic (exact) mass is 419 g/mol. The van der Waals surface area contributed by atoms with E-state index in [1.165, 1.54) is 18.2 Å². The molecule has 0 aliphatic heterocycles. The van der Waals surface area contributed by atoms with Crippen molar-refractivity contribution < 1.29 is 31.5 Å². The summed E-state index contributed by atoms with van der Waals surface area (Å²) < 4.78 is 67.8. The Morgan fingerprint density at radius 1 is 1.25 bits per heavy atom. The summed E-state index contributed by atoms with van der Waals surface area (Å²) in [6, 6.07) is 6.03. The van der Waals surface area contributed by atoms with E-state index in [4.69, 9.17) is 0 Å². The number of hydrogen-bond acceptors (Lipinski definition) is 3. The highest BCUT2D eigenvalue weighted by Crippen LogP contribution is 2.49. The summed E-state index contributed by atoms with van der Waals surface area (Å²) in [6.07, 6.45) is -3.51. The van der Waals surface area contributed by atoms with Crippen LogP contribution in [0.3, 0.4) is 0 Å². The van der Waals surface area contributed by atoms with Crippen LogP contribution in [0.25, 0.3) is 0 Å². The molecule has 0 spiro atoms. The van der Waals surface area contributed by atoms with Gasteiger partial charge in [0.15, 0.2) is 11.7 Å². The van der Waals surface area contributed by atoms with Crippen molar-refractivity contribution in [3.8, 4) is 5.06 Å². The third-order valence-electron chi connectivity index (χ3n) is 4.47. The van der Waals surface area contributed by atoms with E-state index < -0.39 is 24.4 Å². The van der Waals surface area contributed by atoms with Crippen LogP contribution in [0.1, 0.15) is 42.2 Å². The van der Waals surface area contributed by atoms with Gasteiger partial charge in [-0.25, -0.2) is 8.78 Å². The van der Waals surface area contributed by atoms with E-state index in [1.807, 2.05) is 0 Å². The number of alkyl halides is 3. The highest BCUT2D eigenvalue weighted by Gasteiger charge is 2.40. The second-order valence-electron chi connectivity index (χ2n) is 6.86. The molecule has 2 aromatic rings. The Labute approximate surface area is 162 Å². The number of hydrogen-bond donors (Lipinski definition) is 1. The molecule has 1 aliphatic rings. The summed E-state index contributed by atoms with van der Waals surface area (Å²) in [4.78, 5) is 12.9. The Morgan fingerprint density at radius 3 is 2.57 bits per heavy atom. The van der Waals surface area contributed by atoms with Gasteiger partial charge in [0.05, 0.1) is 6.04 Å². The molecule has 1 heterocycles. The van der Waals surface area contributed by atoms with Crippen molar-refractivity contribution >= 4 is 17.2 Å². The summed E-state index contributed by atoms with van der Waals surface area (Å²) in [6.45, 7) is 0.362. The fraction of sp³-hybridized carbons (Fsp3) is 0.421. The lowest BCUT2D eigenvalue weighted by atomic mass is 10.1. The molecule has 3 nitrogen and oxygen atoms in total. The van der Waals surface area contributed by atoms with E-state index in [9.17, 15) is 26.7 Å². The molecule has 0 radical (unpaired) electrons. The average Bonchev–Trinajstić information content (AvgIpc) is 3.15. The quantitative estimate of drug-likeness (QED) is 0.616. The van der Waals surface area contributed by atoms with Gasteiger partial charge in [-0.05, 0) is 55.0 Å². The summed E-state index contributed by atoms with van der Waals surface area (Å²) in [5.41, 5.74) is 0.549. The second-order valence-corrected chi connectivity index (χ2v) is 7.94. The normalized spacial score (nSPS) is 19.9. The molecule has 1 N–H and O–H groups in total. The van der Waals surface area contributed by atoms with Crippen molar-refractivity contribution in [2.24, 2.45) is 5.92 Å². The predicted octanol–water partition coefficient (Wildman–Crippen LogP) is 5.34. The van der Waals surface area contributed by atoms with Crippen molar-refractivity contribution in [3.05, 3.63) is 52.4 Å². The van der Waals surface area contributed by atoms with Gasteiger partial charge < -0.3 is 10.1 Å². The molecular weight excluding hydrogens is 401 g/mol. The van der Waals surface area contributed by atoms with Crippen molar-refractivity contribution in [1.29, 1.82) is 0 Å². The summed E-state index contributed by atoms with van der Waals surface area (Å²) in [7, 11) is 0. The van der Waals surface area contributed by atoms with E-state index in [1.54, 1.807) is 13.0 Å². The molecule has 1 aromatic heterocycles. The van der Waals surface area contributed by atoms with Crippen LogP contribution in [0.15, 0.2) is 30.3 Å². The SMILES string of the molecule is C[C@@H](NC(=O)CC1CC1c1cc(F)cc(F)c1)c1ccc(OCC(F)(F)F)s1. The highest BCUT2D eigenvalue weighted by atomic mass is 32.1. The van der Waals surface area contributed by atoms with E-state index in [0.717, 1.165) is 17.4 Å². The zero-order valence-corrected chi connectivity index (χ0v) is 15.7. The molecular formula is C19H18F5NO2S. The molecule has 152 valence electrons. The molecule has 28 heavy (non-hydrogen) atoms. The minimum absolute atomic E-state index is 0.0161. The molecule has 1 saturated carbocycles. The molecule has 2 unspecified atom stereocenters. The maximum Gasteiger partial charge on any atom is 0.422 e. The van der Waals surface area contributed by atoms with Gasteiger partial charge in [0.2, 0.25) is 5.91 Å². The Morgan fingerprint density at radius 2 is 1.93 bits per heavy atom. The minimum Gasteiger partial charge on any atom is -0.475 e. The van der Waals surface area contributed by atoms with Gasteiger partial charge in [0.25, 0.3) is 0 Å². The topological polar surface area (TPSA) is 38.3 Å². The lowest BCUT2D eigenvalue weighted by molar-refractivity contribution is -0.152. The number of thiophene rings is 1. The van der Waals surface area contributed by atoms with Gasteiger partial charge in [-0.15, -0.1) is 11.3 Å². The van der Waals surface area contributed by atoms with Gasteiger partial charge in [-0.2, -0.15) is 13.2 Å². The predicted molar refractivity (Wildman–Crippen MR) is 94.2 cm³/mol. The zero-order chi connectivity index (χ0) is 20.5. The third-order valence-corrected chi connectivity index (χ3v) is 5.65. The maximum absolute atomic E-state index is 13.3. The first kappa shape index (κ1) is 20.6. The molecule has 3 rings (SSSR count). The largest absolute Gasteiger partial charge is 0.475 e. The fourth-order valence-corrected chi connectivity index (χ4v) is 3.94. The Kier molecular flexibility index (Phi) is 5.92. The number of ether oxygens (including phenoxy) is 1. The Bertz CT molecular complexity index is 831. The maximum atomic E-state index is 13.3. The first-order valence-corrected chi connectivity index (χ1v) is 9.47. The smallest absolute Gasteiger partial charge is 0.422 e. The first-order valence-electron chi connectivity index (χ1n) is 8.65. The van der Waals surface area contributed by atoms with E-state index in [-0.39, 0.29) is 35.3 Å². The zero-order valence-electron chi connectivity index (χ0n) is 14.9. The molecule has 3 atom stereocenters. The van der Waals surface area contributed by atoms with Gasteiger partial charge in [-0.1, -0.05) is 0 Å². The molecule has 1 fully saturated rings. The Hall–Kier alpha value is -2.16. The summed E-state index contributed by atoms with van der Waals surface area (Å²) in [5, 5.41) is 2.92. The first-order chi connectivity index (χ1) is 13.1. The number of rotatable bonds is 7. The van der Waals surface area contributed by atoms with Crippen LogP contribution in [0.2, 0.25) is 0 Å². The van der Waals surface area contributed by atoms with E-state index >= 15 is 0 Å². The Balaban J connectivity index is 1.48. The highest BCUT2D eigenvalue weighted by molar-refractivity contribution is 7.13. The molecule has 0 bridgehead atoms. The van der Waals surface area contributed by atoms with Crippen molar-refractivity contribution in [2.45, 2.75) is 37.9 Å². The molecule has 1 aromatic carbocycles. The lowest BCUT2D eigenvalue weighted by Crippen LogP contribution is -2.26. The number of benzene rings is 1. The van der Waals surface area contributed by atoms with Gasteiger partial charge >= 0.3 is 6.18 Å². The van der Waals surface area contributed by atoms with Crippen LogP contribution < -0.4 is 10.1 Å². The standard InChI is InChI=1S/C19H18F5NO2S/c1-10(16-2-3-18(28-16)27-9-19(22,23)24)25-17(26)7-12-6-15(12)11-4-13(20)8-14(21)5-11/h2-5,8,10,12,15H,6-7,9H2,1H3,(H,25,26)/t10-,12?,15?/m1/s1. The van der Waals surface area contributed by atoms with Crippen LogP contribution in [0, 0.1) is 17.6 Å². The van der Waals surface area contributed by atoms with E-state index in [0.29, 0.717) is 16.9 Å². The summed E-state index contributed by atoms with van der Waals surface area (Å²) >= 11 is 1.04. The van der Waals surface area contributed by atoms with Crippen molar-refractivity contribution in [1.82, 2.24) is 5.32 Å². The van der Waals surface area contributed by atoms with E-state index in [2.05, 4.69) is 10.1 Å². The van der Waals surface area contributed by atoms with Gasteiger partial charge in [-0.3, -0.25) is 4.79 Å². The van der Waals surface area contributed by atoms with Crippen molar-refractivity contribution in [3.63, 3.8) is 0 Å². The molecule has 1 amide bonds. The molecule has 9 heteroatoms. The van der Waals surface area contributed by atoms with Crippen LogP contribution in [0.4, 0.5) is 22.0 Å². The minimum atomic E-state index is -4.41. The van der Waals surface area contributed by atoms with Crippen LogP contribution in [-0.4, -0.2) is 18.7 Å². The van der Waals surface area contributed by atoms with Crippen LogP contribution in [0.5, 0.6) is 5.06 Å². The number of carbonyl (C=O) groups is 1. The molecule has 0 saturated heterocycles. The molecule has 1 aliphatic carbocycles. The second kappa shape index (κ2) is 8.06.